The van der Waals surface area contributed by atoms with Crippen LogP contribution in [0.25, 0.3) is 0 Å². The maximum Gasteiger partial charge on any atom is 0.312 e. The predicted molar refractivity (Wildman–Crippen MR) is 82.1 cm³/mol. The molecule has 1 aromatic carbocycles. The van der Waals surface area contributed by atoms with Crippen molar-refractivity contribution >= 4 is 29.2 Å². The lowest BCUT2D eigenvalue weighted by molar-refractivity contribution is 0.0676. The van der Waals surface area contributed by atoms with Crippen LogP contribution in [0.1, 0.15) is 23.2 Å². The summed E-state index contributed by atoms with van der Waals surface area (Å²) in [6.07, 6.45) is 1.84. The van der Waals surface area contributed by atoms with Crippen LogP contribution >= 0.6 is 11.6 Å². The van der Waals surface area contributed by atoms with Crippen molar-refractivity contribution in [2.24, 2.45) is 11.7 Å². The number of carbonyl (C=O) groups is 2. The third kappa shape index (κ3) is 3.78. The summed E-state index contributed by atoms with van der Waals surface area (Å²) < 4.78 is 0. The van der Waals surface area contributed by atoms with Crippen molar-refractivity contribution in [1.82, 2.24) is 10.2 Å². The summed E-state index contributed by atoms with van der Waals surface area (Å²) >= 11 is 5.95. The molecule has 1 atom stereocenters. The van der Waals surface area contributed by atoms with Crippen LogP contribution in [-0.4, -0.2) is 36.5 Å². The van der Waals surface area contributed by atoms with Gasteiger partial charge in [-0.25, -0.2) is 4.79 Å². The van der Waals surface area contributed by atoms with E-state index in [0.29, 0.717) is 35.9 Å². The lowest BCUT2D eigenvalue weighted by atomic mass is 9.97. The average molecular weight is 311 g/mol. The highest BCUT2D eigenvalue weighted by molar-refractivity contribution is 6.33. The number of para-hydroxylation sites is 1. The van der Waals surface area contributed by atoms with Crippen molar-refractivity contribution in [2.75, 3.05) is 25.4 Å². The number of amides is 3. The molecule has 7 heteroatoms. The van der Waals surface area contributed by atoms with E-state index in [0.717, 1.165) is 12.8 Å². The molecule has 1 unspecified atom stereocenters. The number of benzene rings is 1. The van der Waals surface area contributed by atoms with Gasteiger partial charge in [0.1, 0.15) is 0 Å². The monoisotopic (exact) mass is 310 g/mol. The van der Waals surface area contributed by atoms with Gasteiger partial charge in [0.2, 0.25) is 0 Å². The summed E-state index contributed by atoms with van der Waals surface area (Å²) in [6, 6.07) is 4.50. The minimum Gasteiger partial charge on any atom is -0.397 e. The summed E-state index contributed by atoms with van der Waals surface area (Å²) in [5.41, 5.74) is 11.7. The summed E-state index contributed by atoms with van der Waals surface area (Å²) in [6.45, 7) is 1.73. The van der Waals surface area contributed by atoms with Crippen molar-refractivity contribution in [3.8, 4) is 0 Å². The van der Waals surface area contributed by atoms with Gasteiger partial charge in [0.05, 0.1) is 16.3 Å². The molecule has 114 valence electrons. The van der Waals surface area contributed by atoms with Gasteiger partial charge < -0.3 is 21.7 Å². The first-order chi connectivity index (χ1) is 9.99. The van der Waals surface area contributed by atoms with Crippen LogP contribution in [0.4, 0.5) is 10.5 Å². The maximum atomic E-state index is 12.5. The number of rotatable bonds is 3. The van der Waals surface area contributed by atoms with E-state index in [2.05, 4.69) is 5.32 Å². The fourth-order valence-electron chi connectivity index (χ4n) is 2.55. The molecule has 1 aromatic rings. The second-order valence-corrected chi connectivity index (χ2v) is 5.61. The standard InChI is InChI=1S/C14H19ClN4O2/c15-11-5-1-4-10(12(11)16)13(20)19-6-2-3-9(8-19)7-18-14(17)21/h1,4-5,9H,2-3,6-8,16H2,(H3,17,18,21). The summed E-state index contributed by atoms with van der Waals surface area (Å²) in [4.78, 5) is 25.0. The van der Waals surface area contributed by atoms with Crippen LogP contribution in [0, 0.1) is 5.92 Å². The Kier molecular flexibility index (Phi) is 4.90. The molecule has 0 aliphatic carbocycles. The fraction of sp³-hybridized carbons (Fsp3) is 0.429. The van der Waals surface area contributed by atoms with Gasteiger partial charge in [0.25, 0.3) is 5.91 Å². The van der Waals surface area contributed by atoms with E-state index in [9.17, 15) is 9.59 Å². The van der Waals surface area contributed by atoms with Gasteiger partial charge >= 0.3 is 6.03 Å². The lowest BCUT2D eigenvalue weighted by Gasteiger charge is -2.33. The Morgan fingerprint density at radius 1 is 1.43 bits per heavy atom. The third-order valence-corrected chi connectivity index (χ3v) is 3.98. The molecule has 1 aliphatic rings. The molecular weight excluding hydrogens is 292 g/mol. The number of hydrogen-bond donors (Lipinski definition) is 3. The predicted octanol–water partition coefficient (Wildman–Crippen LogP) is 1.44. The average Bonchev–Trinajstić information content (AvgIpc) is 2.47. The van der Waals surface area contributed by atoms with E-state index >= 15 is 0 Å². The van der Waals surface area contributed by atoms with Crippen molar-refractivity contribution in [3.05, 3.63) is 28.8 Å². The number of piperidine rings is 1. The fourth-order valence-corrected chi connectivity index (χ4v) is 2.73. The quantitative estimate of drug-likeness (QED) is 0.736. The smallest absolute Gasteiger partial charge is 0.312 e. The molecule has 6 nitrogen and oxygen atoms in total. The van der Waals surface area contributed by atoms with Crippen LogP contribution in [-0.2, 0) is 0 Å². The molecule has 1 aliphatic heterocycles. The van der Waals surface area contributed by atoms with E-state index in [-0.39, 0.29) is 11.8 Å². The molecular formula is C14H19ClN4O2. The Balaban J connectivity index is 2.05. The highest BCUT2D eigenvalue weighted by Gasteiger charge is 2.26. The molecule has 1 heterocycles. The molecule has 0 bridgehead atoms. The van der Waals surface area contributed by atoms with E-state index in [4.69, 9.17) is 23.1 Å². The van der Waals surface area contributed by atoms with Crippen molar-refractivity contribution in [1.29, 1.82) is 0 Å². The van der Waals surface area contributed by atoms with Gasteiger partial charge in [0.15, 0.2) is 0 Å². The number of primary amides is 1. The van der Waals surface area contributed by atoms with Crippen molar-refractivity contribution in [2.45, 2.75) is 12.8 Å². The number of nitrogens with two attached hydrogens (primary N) is 2. The maximum absolute atomic E-state index is 12.5. The molecule has 21 heavy (non-hydrogen) atoms. The number of urea groups is 1. The Bertz CT molecular complexity index is 550. The van der Waals surface area contributed by atoms with Crippen LogP contribution in [0.3, 0.4) is 0 Å². The molecule has 0 saturated carbocycles. The van der Waals surface area contributed by atoms with Gasteiger partial charge in [0, 0.05) is 19.6 Å². The first-order valence-electron chi connectivity index (χ1n) is 6.85. The highest BCUT2D eigenvalue weighted by Crippen LogP contribution is 2.25. The van der Waals surface area contributed by atoms with E-state index in [1.165, 1.54) is 0 Å². The van der Waals surface area contributed by atoms with E-state index in [1.54, 1.807) is 23.1 Å². The van der Waals surface area contributed by atoms with E-state index < -0.39 is 6.03 Å². The minimum absolute atomic E-state index is 0.126. The lowest BCUT2D eigenvalue weighted by Crippen LogP contribution is -2.44. The van der Waals surface area contributed by atoms with Gasteiger partial charge in [-0.05, 0) is 30.9 Å². The van der Waals surface area contributed by atoms with Gasteiger partial charge in [-0.1, -0.05) is 17.7 Å². The number of nitrogens with zero attached hydrogens (tertiary/aromatic N) is 1. The summed E-state index contributed by atoms with van der Waals surface area (Å²) in [5.74, 6) is 0.0781. The van der Waals surface area contributed by atoms with Gasteiger partial charge in [-0.3, -0.25) is 4.79 Å². The number of nitrogen functional groups attached to an aromatic ring is 1. The molecule has 0 aromatic heterocycles. The number of hydrogen-bond acceptors (Lipinski definition) is 3. The SMILES string of the molecule is NC(=O)NCC1CCCN(C(=O)c2cccc(Cl)c2N)C1. The zero-order chi connectivity index (χ0) is 15.4. The van der Waals surface area contributed by atoms with Crippen LogP contribution in [0.2, 0.25) is 5.02 Å². The largest absolute Gasteiger partial charge is 0.397 e. The summed E-state index contributed by atoms with van der Waals surface area (Å²) in [7, 11) is 0. The van der Waals surface area contributed by atoms with Crippen LogP contribution < -0.4 is 16.8 Å². The second kappa shape index (κ2) is 6.67. The van der Waals surface area contributed by atoms with Crippen LogP contribution in [0.15, 0.2) is 18.2 Å². The normalized spacial score (nSPS) is 18.3. The number of likely N-dealkylation sites (tertiary alicyclic amines) is 1. The van der Waals surface area contributed by atoms with Crippen LogP contribution in [0.5, 0.6) is 0 Å². The Morgan fingerprint density at radius 3 is 2.90 bits per heavy atom. The molecule has 5 N–H and O–H groups in total. The van der Waals surface area contributed by atoms with Gasteiger partial charge in [-0.2, -0.15) is 0 Å². The van der Waals surface area contributed by atoms with Crippen molar-refractivity contribution in [3.63, 3.8) is 0 Å². The number of anilines is 1. The molecule has 1 saturated heterocycles. The molecule has 1 fully saturated rings. The highest BCUT2D eigenvalue weighted by atomic mass is 35.5. The molecule has 2 rings (SSSR count). The zero-order valence-corrected chi connectivity index (χ0v) is 12.4. The zero-order valence-electron chi connectivity index (χ0n) is 11.6. The minimum atomic E-state index is -0.544. The Morgan fingerprint density at radius 2 is 2.19 bits per heavy atom. The van der Waals surface area contributed by atoms with Gasteiger partial charge in [-0.15, -0.1) is 0 Å². The third-order valence-electron chi connectivity index (χ3n) is 3.65. The number of nitrogens with one attached hydrogen (secondary N) is 1. The first-order valence-corrected chi connectivity index (χ1v) is 7.23. The van der Waals surface area contributed by atoms with E-state index in [1.807, 2.05) is 0 Å². The first kappa shape index (κ1) is 15.4. The molecule has 0 spiro atoms. The van der Waals surface area contributed by atoms with Crippen molar-refractivity contribution < 1.29 is 9.59 Å². The number of carbonyl (C=O) groups excluding carboxylic acids is 2. The summed E-state index contributed by atoms with van der Waals surface area (Å²) in [5, 5.41) is 2.97. The molecule has 0 radical (unpaired) electrons. The Labute approximate surface area is 128 Å². The topological polar surface area (TPSA) is 101 Å². The Hall–Kier alpha value is -1.95. The second-order valence-electron chi connectivity index (χ2n) is 5.21. The molecule has 3 amide bonds. The number of halogens is 1.